The number of hydrogen-bond donors (Lipinski definition) is 0. The van der Waals surface area contributed by atoms with E-state index in [1.807, 2.05) is 13.0 Å². The minimum Gasteiger partial charge on any atom is -0.293 e. The van der Waals surface area contributed by atoms with Gasteiger partial charge in [0.1, 0.15) is 0 Å². The lowest BCUT2D eigenvalue weighted by Crippen LogP contribution is -2.04. The molecule has 1 aromatic heterocycles. The molecule has 2 rings (SSSR count). The fraction of sp³-hybridized carbons (Fsp3) is 0.600. The Morgan fingerprint density at radius 1 is 1.69 bits per heavy atom. The Bertz CT molecular complexity index is 354. The van der Waals surface area contributed by atoms with E-state index in [-0.39, 0.29) is 17.1 Å². The van der Waals surface area contributed by atoms with Crippen molar-refractivity contribution in [1.82, 2.24) is 4.37 Å². The molecule has 1 unspecified atom stereocenters. The van der Waals surface area contributed by atoms with E-state index in [0.717, 1.165) is 17.0 Å². The summed E-state index contributed by atoms with van der Waals surface area (Å²) in [5.74, 6) is 0.531. The molecule has 70 valence electrons. The molecule has 1 heterocycles. The predicted octanol–water partition coefficient (Wildman–Crippen LogP) is 2.68. The van der Waals surface area contributed by atoms with E-state index in [9.17, 15) is 4.79 Å². The Hall–Kier alpha value is -0.700. The third-order valence-corrected chi connectivity index (χ3v) is 3.60. The summed E-state index contributed by atoms with van der Waals surface area (Å²) < 4.78 is 4.12. The maximum absolute atomic E-state index is 11.8. The van der Waals surface area contributed by atoms with E-state index in [1.54, 1.807) is 0 Å². The van der Waals surface area contributed by atoms with Crippen molar-refractivity contribution < 1.29 is 4.79 Å². The van der Waals surface area contributed by atoms with Crippen LogP contribution < -0.4 is 0 Å². The first kappa shape index (κ1) is 8.88. The molecule has 1 fully saturated rings. The highest BCUT2D eigenvalue weighted by atomic mass is 32.1. The van der Waals surface area contributed by atoms with Crippen LogP contribution in [0.4, 0.5) is 0 Å². The van der Waals surface area contributed by atoms with Crippen molar-refractivity contribution in [1.29, 1.82) is 0 Å². The normalized spacial score (nSPS) is 24.4. The molecule has 0 aromatic carbocycles. The van der Waals surface area contributed by atoms with E-state index in [0.29, 0.717) is 0 Å². The molecule has 1 saturated carbocycles. The number of aryl methyl sites for hydroxylation is 1. The zero-order chi connectivity index (χ0) is 9.64. The molecule has 2 nitrogen and oxygen atoms in total. The van der Waals surface area contributed by atoms with Gasteiger partial charge in [0.15, 0.2) is 5.78 Å². The highest BCUT2D eigenvalue weighted by molar-refractivity contribution is 7.08. The average Bonchev–Trinajstić information content (AvgIpc) is 2.47. The molecule has 0 spiro atoms. The van der Waals surface area contributed by atoms with Crippen LogP contribution in [0.2, 0.25) is 0 Å². The largest absolute Gasteiger partial charge is 0.293 e. The quantitative estimate of drug-likeness (QED) is 0.679. The molecule has 1 aromatic rings. The highest BCUT2D eigenvalue weighted by Gasteiger charge is 2.50. The number of aromatic nitrogens is 1. The molecule has 13 heavy (non-hydrogen) atoms. The number of hydrogen-bond acceptors (Lipinski definition) is 3. The maximum atomic E-state index is 11.8. The standard InChI is InChI=1S/C10H13NOS/c1-6-4-8(13-11-6)9(12)7-5-10(7,2)3/h4,7H,5H2,1-3H3. The first-order valence-electron chi connectivity index (χ1n) is 4.48. The average molecular weight is 195 g/mol. The number of Topliss-reactive ketones (excluding diaryl/α,β-unsaturated/α-hetero) is 1. The first-order chi connectivity index (χ1) is 6.00. The van der Waals surface area contributed by atoms with Crippen molar-refractivity contribution in [3.8, 4) is 0 Å². The molecule has 0 saturated heterocycles. The number of carbonyl (C=O) groups excluding carboxylic acids is 1. The number of carbonyl (C=O) groups is 1. The lowest BCUT2D eigenvalue weighted by molar-refractivity contribution is 0.0957. The van der Waals surface area contributed by atoms with Crippen molar-refractivity contribution in [2.75, 3.05) is 0 Å². The van der Waals surface area contributed by atoms with Crippen LogP contribution in [0.25, 0.3) is 0 Å². The van der Waals surface area contributed by atoms with Crippen LogP contribution in [0, 0.1) is 18.3 Å². The van der Waals surface area contributed by atoms with Crippen LogP contribution in [0.5, 0.6) is 0 Å². The van der Waals surface area contributed by atoms with Crippen molar-refractivity contribution in [2.45, 2.75) is 27.2 Å². The Balaban J connectivity index is 2.16. The predicted molar refractivity (Wildman–Crippen MR) is 53.1 cm³/mol. The third-order valence-electron chi connectivity index (χ3n) is 2.70. The molecular weight excluding hydrogens is 182 g/mol. The molecule has 0 radical (unpaired) electrons. The third kappa shape index (κ3) is 1.53. The SMILES string of the molecule is Cc1cc(C(=O)C2CC2(C)C)sn1. The van der Waals surface area contributed by atoms with Gasteiger partial charge in [0.2, 0.25) is 0 Å². The Morgan fingerprint density at radius 2 is 2.31 bits per heavy atom. The zero-order valence-corrected chi connectivity index (χ0v) is 8.94. The van der Waals surface area contributed by atoms with Crippen molar-refractivity contribution in [3.63, 3.8) is 0 Å². The molecule has 1 atom stereocenters. The van der Waals surface area contributed by atoms with Gasteiger partial charge in [-0.05, 0) is 36.4 Å². The molecule has 1 aliphatic carbocycles. The Morgan fingerprint density at radius 3 is 2.69 bits per heavy atom. The van der Waals surface area contributed by atoms with E-state index >= 15 is 0 Å². The van der Waals surface area contributed by atoms with Gasteiger partial charge in [-0.1, -0.05) is 13.8 Å². The van der Waals surface area contributed by atoms with Gasteiger partial charge in [0.25, 0.3) is 0 Å². The summed E-state index contributed by atoms with van der Waals surface area (Å²) in [7, 11) is 0. The Kier molecular flexibility index (Phi) is 1.80. The molecule has 0 bridgehead atoms. The van der Waals surface area contributed by atoms with Crippen LogP contribution in [0.15, 0.2) is 6.07 Å². The lowest BCUT2D eigenvalue weighted by atomic mass is 10.1. The van der Waals surface area contributed by atoms with Gasteiger partial charge in [0, 0.05) is 5.92 Å². The number of rotatable bonds is 2. The van der Waals surface area contributed by atoms with Crippen LogP contribution in [0.3, 0.4) is 0 Å². The van der Waals surface area contributed by atoms with Crippen molar-refractivity contribution in [2.24, 2.45) is 11.3 Å². The van der Waals surface area contributed by atoms with Crippen molar-refractivity contribution >= 4 is 17.3 Å². The molecule has 0 amide bonds. The minimum absolute atomic E-state index is 0.231. The monoisotopic (exact) mass is 195 g/mol. The minimum atomic E-state index is 0.231. The summed E-state index contributed by atoms with van der Waals surface area (Å²) in [6.45, 7) is 6.21. The van der Waals surface area contributed by atoms with E-state index in [4.69, 9.17) is 0 Å². The smallest absolute Gasteiger partial charge is 0.178 e. The van der Waals surface area contributed by atoms with Crippen LogP contribution in [0.1, 0.15) is 35.6 Å². The van der Waals surface area contributed by atoms with Gasteiger partial charge in [0.05, 0.1) is 10.6 Å². The zero-order valence-electron chi connectivity index (χ0n) is 8.13. The number of ketones is 1. The van der Waals surface area contributed by atoms with Crippen LogP contribution in [-0.4, -0.2) is 10.2 Å². The fourth-order valence-corrected chi connectivity index (χ4v) is 2.32. The molecule has 0 N–H and O–H groups in total. The lowest BCUT2D eigenvalue weighted by Gasteiger charge is -1.98. The second-order valence-corrected chi connectivity index (χ2v) is 5.25. The summed E-state index contributed by atoms with van der Waals surface area (Å²) in [5, 5.41) is 0. The summed E-state index contributed by atoms with van der Waals surface area (Å²) >= 11 is 1.33. The topological polar surface area (TPSA) is 30.0 Å². The van der Waals surface area contributed by atoms with Gasteiger partial charge in [-0.15, -0.1) is 0 Å². The summed E-state index contributed by atoms with van der Waals surface area (Å²) in [4.78, 5) is 12.6. The van der Waals surface area contributed by atoms with Crippen LogP contribution >= 0.6 is 11.5 Å². The number of nitrogens with zero attached hydrogens (tertiary/aromatic N) is 1. The molecule has 1 aliphatic rings. The molecular formula is C10H13NOS. The van der Waals surface area contributed by atoms with Gasteiger partial charge < -0.3 is 0 Å². The molecule has 3 heteroatoms. The second kappa shape index (κ2) is 2.64. The van der Waals surface area contributed by atoms with Crippen molar-refractivity contribution in [3.05, 3.63) is 16.6 Å². The van der Waals surface area contributed by atoms with Gasteiger partial charge in [-0.3, -0.25) is 4.79 Å². The first-order valence-corrected chi connectivity index (χ1v) is 5.25. The highest BCUT2D eigenvalue weighted by Crippen LogP contribution is 2.53. The van der Waals surface area contributed by atoms with E-state index < -0.39 is 0 Å². The fourth-order valence-electron chi connectivity index (χ4n) is 1.57. The van der Waals surface area contributed by atoms with Crippen LogP contribution in [-0.2, 0) is 0 Å². The summed E-state index contributed by atoms with van der Waals surface area (Å²) in [6.07, 6.45) is 1.03. The second-order valence-electron chi connectivity index (χ2n) is 4.44. The van der Waals surface area contributed by atoms with Gasteiger partial charge >= 0.3 is 0 Å². The Labute approximate surface area is 82.1 Å². The van der Waals surface area contributed by atoms with Gasteiger partial charge in [-0.2, -0.15) is 4.37 Å². The van der Waals surface area contributed by atoms with E-state index in [1.165, 1.54) is 11.5 Å². The maximum Gasteiger partial charge on any atom is 0.178 e. The summed E-state index contributed by atoms with van der Waals surface area (Å²) in [5.41, 5.74) is 1.18. The van der Waals surface area contributed by atoms with E-state index in [2.05, 4.69) is 18.2 Å². The van der Waals surface area contributed by atoms with Gasteiger partial charge in [-0.25, -0.2) is 0 Å². The summed E-state index contributed by atoms with van der Waals surface area (Å²) in [6, 6.07) is 1.89. The molecule has 0 aliphatic heterocycles.